The third-order valence-electron chi connectivity index (χ3n) is 3.28. The molecule has 1 aromatic carbocycles. The van der Waals surface area contributed by atoms with E-state index in [1.165, 1.54) is 12.8 Å². The Hall–Kier alpha value is -1.39. The summed E-state index contributed by atoms with van der Waals surface area (Å²) < 4.78 is 0. The van der Waals surface area contributed by atoms with Crippen LogP contribution in [0.2, 0.25) is 0 Å². The number of nitrogens with zero attached hydrogens (tertiary/aromatic N) is 1. The lowest BCUT2D eigenvalue weighted by Crippen LogP contribution is -2.33. The van der Waals surface area contributed by atoms with Gasteiger partial charge in [0.25, 0.3) is 0 Å². The highest BCUT2D eigenvalue weighted by atomic mass is 15.0. The van der Waals surface area contributed by atoms with Crippen LogP contribution in [0.15, 0.2) is 24.3 Å². The van der Waals surface area contributed by atoms with Crippen molar-refractivity contribution in [1.82, 2.24) is 20.6 Å². The van der Waals surface area contributed by atoms with E-state index < -0.39 is 0 Å². The van der Waals surface area contributed by atoms with Gasteiger partial charge in [-0.25, -0.2) is 4.98 Å². The number of aromatic nitrogens is 2. The van der Waals surface area contributed by atoms with Crippen LogP contribution >= 0.6 is 0 Å². The Balaban J connectivity index is 1.57. The summed E-state index contributed by atoms with van der Waals surface area (Å²) >= 11 is 0. The summed E-state index contributed by atoms with van der Waals surface area (Å²) in [6.07, 6.45) is 2.59. The van der Waals surface area contributed by atoms with Crippen LogP contribution in [0.25, 0.3) is 11.0 Å². The number of benzene rings is 1. The Morgan fingerprint density at radius 3 is 3.12 bits per heavy atom. The van der Waals surface area contributed by atoms with Crippen LogP contribution in [0.3, 0.4) is 0 Å². The molecule has 0 radical (unpaired) electrons. The van der Waals surface area contributed by atoms with Crippen LogP contribution in [0.5, 0.6) is 0 Å². The smallest absolute Gasteiger partial charge is 0.121 e. The number of imidazole rings is 1. The molecular weight excluding hydrogens is 212 g/mol. The second kappa shape index (κ2) is 4.85. The molecule has 0 saturated carbocycles. The van der Waals surface area contributed by atoms with E-state index >= 15 is 0 Å². The molecule has 1 fully saturated rings. The number of H-pyrrole nitrogens is 1. The number of rotatable bonds is 4. The summed E-state index contributed by atoms with van der Waals surface area (Å²) in [5, 5.41) is 6.92. The molecule has 0 spiro atoms. The van der Waals surface area contributed by atoms with Gasteiger partial charge in [0.05, 0.1) is 17.6 Å². The minimum absolute atomic E-state index is 0.638. The molecule has 1 aliphatic rings. The fraction of sp³-hybridized carbons (Fsp3) is 0.462. The van der Waals surface area contributed by atoms with E-state index in [1.54, 1.807) is 0 Å². The Kier molecular flexibility index (Phi) is 3.07. The van der Waals surface area contributed by atoms with Crippen molar-refractivity contribution in [2.24, 2.45) is 0 Å². The third kappa shape index (κ3) is 2.48. The van der Waals surface area contributed by atoms with Crippen molar-refractivity contribution in [3.05, 3.63) is 30.1 Å². The second-order valence-electron chi connectivity index (χ2n) is 4.62. The number of fused-ring (bicyclic) bond motifs is 1. The van der Waals surface area contributed by atoms with E-state index in [0.29, 0.717) is 6.04 Å². The highest BCUT2D eigenvalue weighted by Gasteiger charge is 2.13. The van der Waals surface area contributed by atoms with Gasteiger partial charge in [0.15, 0.2) is 0 Å². The van der Waals surface area contributed by atoms with Gasteiger partial charge < -0.3 is 15.6 Å². The molecule has 1 saturated heterocycles. The van der Waals surface area contributed by atoms with E-state index in [4.69, 9.17) is 0 Å². The lowest BCUT2D eigenvalue weighted by molar-refractivity contribution is 0.530. The van der Waals surface area contributed by atoms with E-state index in [1.807, 2.05) is 18.2 Å². The van der Waals surface area contributed by atoms with E-state index in [9.17, 15) is 0 Å². The highest BCUT2D eigenvalue weighted by Crippen LogP contribution is 2.10. The van der Waals surface area contributed by atoms with Gasteiger partial charge in [-0.2, -0.15) is 0 Å². The van der Waals surface area contributed by atoms with Gasteiger partial charge >= 0.3 is 0 Å². The third-order valence-corrected chi connectivity index (χ3v) is 3.28. The van der Waals surface area contributed by atoms with E-state index in [-0.39, 0.29) is 0 Å². The average molecular weight is 230 g/mol. The molecule has 90 valence electrons. The first-order chi connectivity index (χ1) is 8.42. The Bertz CT molecular complexity index is 452. The maximum absolute atomic E-state index is 4.54. The van der Waals surface area contributed by atoms with Crippen LogP contribution in [-0.2, 0) is 6.54 Å². The summed E-state index contributed by atoms with van der Waals surface area (Å²) in [6, 6.07) is 8.78. The van der Waals surface area contributed by atoms with Gasteiger partial charge in [-0.3, -0.25) is 0 Å². The fourth-order valence-corrected chi connectivity index (χ4v) is 2.39. The van der Waals surface area contributed by atoms with Crippen molar-refractivity contribution < 1.29 is 0 Å². The molecule has 3 rings (SSSR count). The summed E-state index contributed by atoms with van der Waals surface area (Å²) in [5.41, 5.74) is 2.16. The number of aromatic amines is 1. The minimum atomic E-state index is 0.638. The van der Waals surface area contributed by atoms with Gasteiger partial charge in [-0.05, 0) is 31.5 Å². The molecule has 0 bridgehead atoms. The predicted molar refractivity (Wildman–Crippen MR) is 68.8 cm³/mol. The Morgan fingerprint density at radius 2 is 2.29 bits per heavy atom. The van der Waals surface area contributed by atoms with Crippen molar-refractivity contribution in [2.45, 2.75) is 25.4 Å². The van der Waals surface area contributed by atoms with Crippen molar-refractivity contribution >= 4 is 11.0 Å². The largest absolute Gasteiger partial charge is 0.341 e. The fourth-order valence-electron chi connectivity index (χ4n) is 2.39. The van der Waals surface area contributed by atoms with Crippen molar-refractivity contribution in [3.63, 3.8) is 0 Å². The van der Waals surface area contributed by atoms with Gasteiger partial charge in [0.1, 0.15) is 5.82 Å². The van der Waals surface area contributed by atoms with E-state index in [2.05, 4.69) is 26.7 Å². The second-order valence-corrected chi connectivity index (χ2v) is 4.62. The number of nitrogens with one attached hydrogen (secondary N) is 3. The summed E-state index contributed by atoms with van der Waals surface area (Å²) in [4.78, 5) is 7.87. The molecule has 4 nitrogen and oxygen atoms in total. The Labute approximate surface area is 101 Å². The highest BCUT2D eigenvalue weighted by molar-refractivity contribution is 5.74. The van der Waals surface area contributed by atoms with Crippen LogP contribution in [0.4, 0.5) is 0 Å². The van der Waals surface area contributed by atoms with Gasteiger partial charge in [-0.15, -0.1) is 0 Å². The molecule has 1 atom stereocenters. The molecule has 17 heavy (non-hydrogen) atoms. The zero-order valence-corrected chi connectivity index (χ0v) is 9.87. The normalized spacial score (nSPS) is 20.1. The lowest BCUT2D eigenvalue weighted by Gasteiger charge is -2.09. The molecule has 2 aromatic rings. The van der Waals surface area contributed by atoms with Crippen LogP contribution in [0.1, 0.15) is 18.7 Å². The first-order valence-electron chi connectivity index (χ1n) is 6.29. The lowest BCUT2D eigenvalue weighted by atomic mass is 10.2. The first-order valence-corrected chi connectivity index (χ1v) is 6.29. The molecule has 1 unspecified atom stereocenters. The van der Waals surface area contributed by atoms with Crippen LogP contribution in [-0.4, -0.2) is 29.1 Å². The van der Waals surface area contributed by atoms with Gasteiger partial charge in [0.2, 0.25) is 0 Å². The number of hydrogen-bond donors (Lipinski definition) is 3. The van der Waals surface area contributed by atoms with Crippen molar-refractivity contribution in [1.29, 1.82) is 0 Å². The molecule has 0 amide bonds. The molecule has 3 N–H and O–H groups in total. The summed E-state index contributed by atoms with van der Waals surface area (Å²) in [5.74, 6) is 1.02. The monoisotopic (exact) mass is 230 g/mol. The quantitative estimate of drug-likeness (QED) is 0.744. The van der Waals surface area contributed by atoms with Crippen LogP contribution < -0.4 is 10.6 Å². The molecule has 1 aliphatic heterocycles. The molecular formula is C13H18N4. The molecule has 2 heterocycles. The molecule has 0 aliphatic carbocycles. The summed E-state index contributed by atoms with van der Waals surface area (Å²) in [7, 11) is 0. The van der Waals surface area contributed by atoms with Gasteiger partial charge in [0, 0.05) is 12.6 Å². The van der Waals surface area contributed by atoms with Gasteiger partial charge in [-0.1, -0.05) is 12.1 Å². The van der Waals surface area contributed by atoms with E-state index in [0.717, 1.165) is 36.5 Å². The van der Waals surface area contributed by atoms with Crippen molar-refractivity contribution in [3.8, 4) is 0 Å². The topological polar surface area (TPSA) is 52.7 Å². The maximum atomic E-state index is 4.54. The summed E-state index contributed by atoms with van der Waals surface area (Å²) in [6.45, 7) is 3.00. The zero-order chi connectivity index (χ0) is 11.5. The maximum Gasteiger partial charge on any atom is 0.121 e. The standard InChI is InChI=1S/C13H18N4/c1-2-6-12-11(5-1)16-13(17-12)9-14-8-10-4-3-7-15-10/h1-2,5-6,10,14-15H,3-4,7-9H2,(H,16,17). The molecule has 4 heteroatoms. The number of para-hydroxylation sites is 2. The minimum Gasteiger partial charge on any atom is -0.341 e. The first kappa shape index (κ1) is 10.7. The Morgan fingerprint density at radius 1 is 1.35 bits per heavy atom. The zero-order valence-electron chi connectivity index (χ0n) is 9.87. The average Bonchev–Trinajstić information content (AvgIpc) is 2.96. The SMILES string of the molecule is c1ccc2[nH]c(CNCC3CCCN3)nc2c1. The predicted octanol–water partition coefficient (Wildman–Crippen LogP) is 1.40. The molecule has 1 aromatic heterocycles. The van der Waals surface area contributed by atoms with Crippen LogP contribution in [0, 0.1) is 0 Å². The van der Waals surface area contributed by atoms with Crippen molar-refractivity contribution in [2.75, 3.05) is 13.1 Å². The number of hydrogen-bond acceptors (Lipinski definition) is 3.